The molecule has 234 valence electrons. The van der Waals surface area contributed by atoms with Crippen LogP contribution >= 0.6 is 0 Å². The van der Waals surface area contributed by atoms with Gasteiger partial charge in [-0.25, -0.2) is 4.98 Å². The Bertz CT molecular complexity index is 2230. The zero-order chi connectivity index (χ0) is 32.8. The lowest BCUT2D eigenvalue weighted by molar-refractivity contribution is 0.477. The third-order valence-electron chi connectivity index (χ3n) is 9.28. The van der Waals surface area contributed by atoms with Gasteiger partial charge in [0.2, 0.25) is 0 Å². The minimum Gasteiger partial charge on any atom is -0.507 e. The Balaban J connectivity index is 1.45. The lowest BCUT2D eigenvalue weighted by Gasteiger charge is -2.22. The quantitative estimate of drug-likeness (QED) is 0.194. The summed E-state index contributed by atoms with van der Waals surface area (Å²) in [5.41, 5.74) is 11.7. The van der Waals surface area contributed by atoms with Crippen LogP contribution in [0.1, 0.15) is 76.0 Å². The molecule has 0 amide bonds. The van der Waals surface area contributed by atoms with Crippen molar-refractivity contribution in [3.63, 3.8) is 0 Å². The van der Waals surface area contributed by atoms with Gasteiger partial charge in [-0.05, 0) is 81.8 Å². The molecule has 4 nitrogen and oxygen atoms in total. The highest BCUT2D eigenvalue weighted by Crippen LogP contribution is 2.41. The SMILES string of the molecule is CC(C)c1ccc2cc(-c3cccc(-c4cccc5c4nc(-c4ccccc4O)n5-c4c(C(C)C)cccc4C(C)C)c3)ncc2c1. The van der Waals surface area contributed by atoms with Crippen molar-refractivity contribution in [2.45, 2.75) is 59.3 Å². The number of hydrogen-bond donors (Lipinski definition) is 1. The standard InChI is InChI=1S/C43H41N3O/c1-26(2)29-20-21-30-24-38(44-25-33(30)22-29)32-13-9-12-31(23-32)36-17-11-18-39-41(36)45-43(37-14-7-8-19-40(37)47)46(39)42-34(27(3)4)15-10-16-35(42)28(5)6/h7-28,47H,1-6H3. The predicted molar refractivity (Wildman–Crippen MR) is 197 cm³/mol. The number of pyridine rings is 1. The first kappa shape index (κ1) is 30.4. The summed E-state index contributed by atoms with van der Waals surface area (Å²) < 4.78 is 2.28. The van der Waals surface area contributed by atoms with Crippen LogP contribution in [0.3, 0.4) is 0 Å². The normalized spacial score (nSPS) is 11.9. The van der Waals surface area contributed by atoms with Crippen molar-refractivity contribution in [2.24, 2.45) is 0 Å². The van der Waals surface area contributed by atoms with E-state index in [1.807, 2.05) is 24.4 Å². The molecule has 0 aliphatic carbocycles. The van der Waals surface area contributed by atoms with E-state index in [-0.39, 0.29) is 5.75 Å². The zero-order valence-electron chi connectivity index (χ0n) is 28.0. The molecule has 1 N–H and O–H groups in total. The highest BCUT2D eigenvalue weighted by Gasteiger charge is 2.24. The summed E-state index contributed by atoms with van der Waals surface area (Å²) in [4.78, 5) is 10.2. The average Bonchev–Trinajstić information content (AvgIpc) is 3.46. The van der Waals surface area contributed by atoms with Gasteiger partial charge in [-0.15, -0.1) is 0 Å². The molecule has 0 aliphatic heterocycles. The topological polar surface area (TPSA) is 50.9 Å². The summed E-state index contributed by atoms with van der Waals surface area (Å²) >= 11 is 0. The molecular weight excluding hydrogens is 574 g/mol. The van der Waals surface area contributed by atoms with Crippen LogP contribution in [0.15, 0.2) is 115 Å². The number of aromatic hydroxyl groups is 1. The number of rotatable bonds is 7. The maximum absolute atomic E-state index is 11.1. The van der Waals surface area contributed by atoms with E-state index < -0.39 is 0 Å². The molecule has 0 atom stereocenters. The highest BCUT2D eigenvalue weighted by atomic mass is 16.3. The Hall–Kier alpha value is -5.22. The van der Waals surface area contributed by atoms with Crippen LogP contribution in [0.4, 0.5) is 0 Å². The van der Waals surface area contributed by atoms with Gasteiger partial charge in [-0.2, -0.15) is 0 Å². The number of nitrogens with zero attached hydrogens (tertiary/aromatic N) is 3. The lowest BCUT2D eigenvalue weighted by atomic mass is 9.92. The molecule has 5 aromatic carbocycles. The van der Waals surface area contributed by atoms with Gasteiger partial charge in [-0.3, -0.25) is 9.55 Å². The second-order valence-electron chi connectivity index (χ2n) is 13.5. The van der Waals surface area contributed by atoms with Crippen LogP contribution < -0.4 is 0 Å². The molecule has 4 heteroatoms. The first-order valence-corrected chi connectivity index (χ1v) is 16.6. The van der Waals surface area contributed by atoms with E-state index in [4.69, 9.17) is 9.97 Å². The Morgan fingerprint density at radius 1 is 0.596 bits per heavy atom. The summed E-state index contributed by atoms with van der Waals surface area (Å²) in [6, 6.07) is 38.0. The molecule has 0 radical (unpaired) electrons. The molecule has 0 saturated heterocycles. The minimum atomic E-state index is 0.212. The van der Waals surface area contributed by atoms with Gasteiger partial charge in [0.05, 0.1) is 28.0 Å². The number of para-hydroxylation sites is 3. The fourth-order valence-electron chi connectivity index (χ4n) is 6.70. The minimum absolute atomic E-state index is 0.212. The first-order chi connectivity index (χ1) is 22.7. The van der Waals surface area contributed by atoms with Crippen LogP contribution in [0.2, 0.25) is 0 Å². The van der Waals surface area contributed by atoms with Crippen LogP contribution in [-0.4, -0.2) is 19.6 Å². The summed E-state index contributed by atoms with van der Waals surface area (Å²) in [6.45, 7) is 13.4. The van der Waals surface area contributed by atoms with Crippen molar-refractivity contribution < 1.29 is 5.11 Å². The van der Waals surface area contributed by atoms with Gasteiger partial charge in [0.15, 0.2) is 0 Å². The molecule has 0 aliphatic rings. The van der Waals surface area contributed by atoms with Crippen LogP contribution in [0.25, 0.3) is 61.3 Å². The molecule has 2 heterocycles. The molecular formula is C43H41N3O. The number of aromatic nitrogens is 3. The molecule has 0 bridgehead atoms. The summed E-state index contributed by atoms with van der Waals surface area (Å²) in [6.07, 6.45) is 1.99. The molecule has 0 fully saturated rings. The smallest absolute Gasteiger partial charge is 0.149 e. The van der Waals surface area contributed by atoms with E-state index in [0.29, 0.717) is 23.3 Å². The van der Waals surface area contributed by atoms with Crippen LogP contribution in [0, 0.1) is 0 Å². The fourth-order valence-corrected chi connectivity index (χ4v) is 6.70. The second-order valence-corrected chi connectivity index (χ2v) is 13.5. The number of phenols is 1. The molecule has 7 aromatic rings. The lowest BCUT2D eigenvalue weighted by Crippen LogP contribution is -2.08. The first-order valence-electron chi connectivity index (χ1n) is 16.6. The molecule has 2 aromatic heterocycles. The van der Waals surface area contributed by atoms with Gasteiger partial charge in [-0.1, -0.05) is 114 Å². The van der Waals surface area contributed by atoms with E-state index in [2.05, 4.69) is 131 Å². The third-order valence-corrected chi connectivity index (χ3v) is 9.28. The van der Waals surface area contributed by atoms with Crippen LogP contribution in [0.5, 0.6) is 5.75 Å². The van der Waals surface area contributed by atoms with Gasteiger partial charge >= 0.3 is 0 Å². The van der Waals surface area contributed by atoms with Crippen molar-refractivity contribution in [3.05, 3.63) is 132 Å². The summed E-state index contributed by atoms with van der Waals surface area (Å²) in [5.74, 6) is 2.01. The van der Waals surface area contributed by atoms with Crippen molar-refractivity contribution in [2.75, 3.05) is 0 Å². The third kappa shape index (κ3) is 5.48. The summed E-state index contributed by atoms with van der Waals surface area (Å²) in [7, 11) is 0. The van der Waals surface area contributed by atoms with Crippen molar-refractivity contribution >= 4 is 21.8 Å². The molecule has 0 saturated carbocycles. The van der Waals surface area contributed by atoms with E-state index in [1.54, 1.807) is 6.07 Å². The highest BCUT2D eigenvalue weighted by molar-refractivity contribution is 5.97. The summed E-state index contributed by atoms with van der Waals surface area (Å²) in [5, 5.41) is 13.5. The number of fused-ring (bicyclic) bond motifs is 2. The average molecular weight is 616 g/mol. The van der Waals surface area contributed by atoms with E-state index in [1.165, 1.54) is 22.1 Å². The largest absolute Gasteiger partial charge is 0.507 e. The molecule has 47 heavy (non-hydrogen) atoms. The number of imidazole rings is 1. The predicted octanol–water partition coefficient (Wildman–Crippen LogP) is 11.7. The van der Waals surface area contributed by atoms with Crippen LogP contribution in [-0.2, 0) is 0 Å². The van der Waals surface area contributed by atoms with Gasteiger partial charge in [0.1, 0.15) is 11.6 Å². The number of hydrogen-bond acceptors (Lipinski definition) is 3. The van der Waals surface area contributed by atoms with E-state index >= 15 is 0 Å². The maximum atomic E-state index is 11.1. The van der Waals surface area contributed by atoms with Gasteiger partial charge < -0.3 is 5.11 Å². The zero-order valence-corrected chi connectivity index (χ0v) is 28.0. The van der Waals surface area contributed by atoms with Gasteiger partial charge in [0, 0.05) is 22.7 Å². The Kier molecular flexibility index (Phi) is 7.89. The van der Waals surface area contributed by atoms with Crippen molar-refractivity contribution in [1.29, 1.82) is 0 Å². The number of phenolic OH excluding ortho intramolecular Hbond substituents is 1. The van der Waals surface area contributed by atoms with Crippen molar-refractivity contribution in [1.82, 2.24) is 14.5 Å². The molecule has 0 unspecified atom stereocenters. The second kappa shape index (κ2) is 12.2. The Morgan fingerprint density at radius 3 is 2.00 bits per heavy atom. The maximum Gasteiger partial charge on any atom is 0.149 e. The number of benzene rings is 5. The van der Waals surface area contributed by atoms with Gasteiger partial charge in [0.25, 0.3) is 0 Å². The Morgan fingerprint density at radius 2 is 1.28 bits per heavy atom. The van der Waals surface area contributed by atoms with E-state index in [0.717, 1.165) is 50.3 Å². The molecule has 7 rings (SSSR count). The molecule has 0 spiro atoms. The van der Waals surface area contributed by atoms with Crippen molar-refractivity contribution in [3.8, 4) is 45.2 Å². The fraction of sp³-hybridized carbons (Fsp3) is 0.209. The van der Waals surface area contributed by atoms with E-state index in [9.17, 15) is 5.11 Å². The Labute approximate surface area is 277 Å². The monoisotopic (exact) mass is 615 g/mol.